The number of carbonyl (C=O) groups is 6. The van der Waals surface area contributed by atoms with E-state index in [1.807, 2.05) is 0 Å². The normalized spacial score (nSPS) is 29.2. The maximum Gasteiger partial charge on any atom is 0.338 e. The van der Waals surface area contributed by atoms with Crippen LogP contribution in [0.5, 0.6) is 0 Å². The first-order chi connectivity index (χ1) is 30.7. The molecule has 0 aromatic heterocycles. The zero-order valence-electron chi connectivity index (χ0n) is 37.6. The predicted molar refractivity (Wildman–Crippen MR) is 234 cm³/mol. The first kappa shape index (κ1) is 49.0. The molecule has 2 fully saturated rings. The van der Waals surface area contributed by atoms with Crippen LogP contribution < -0.4 is 5.32 Å². The van der Waals surface area contributed by atoms with E-state index >= 15 is 4.79 Å². The van der Waals surface area contributed by atoms with Crippen LogP contribution >= 0.6 is 11.6 Å². The van der Waals surface area contributed by atoms with Crippen molar-refractivity contribution in [3.8, 4) is 0 Å². The third kappa shape index (κ3) is 9.09. The molecule has 1 amide bonds. The number of halogens is 1. The van der Waals surface area contributed by atoms with Crippen LogP contribution in [0, 0.1) is 16.7 Å². The summed E-state index contributed by atoms with van der Waals surface area (Å²) in [6, 6.07) is 21.4. The summed E-state index contributed by atoms with van der Waals surface area (Å²) in [5.41, 5.74) is -6.94. The van der Waals surface area contributed by atoms with Gasteiger partial charge in [0.05, 0.1) is 35.6 Å². The van der Waals surface area contributed by atoms with Crippen molar-refractivity contribution in [1.82, 2.24) is 5.32 Å². The van der Waals surface area contributed by atoms with E-state index < -0.39 is 107 Å². The minimum atomic E-state index is -2.39. The smallest absolute Gasteiger partial charge is 0.338 e. The Labute approximate surface area is 382 Å². The average molecular weight is 918 g/mol. The first-order valence-electron chi connectivity index (χ1n) is 21.3. The van der Waals surface area contributed by atoms with Crippen LogP contribution in [0.2, 0.25) is 5.02 Å². The lowest BCUT2D eigenvalue weighted by atomic mass is 9.45. The minimum absolute atomic E-state index is 0.0249. The van der Waals surface area contributed by atoms with Crippen LogP contribution in [-0.2, 0) is 47.6 Å². The van der Waals surface area contributed by atoms with Gasteiger partial charge in [-0.05, 0) is 79.8 Å². The quantitative estimate of drug-likeness (QED) is 0.107. The molecule has 3 N–H and O–H groups in total. The number of nitrogens with one attached hydrogen (secondary N) is 1. The summed E-state index contributed by atoms with van der Waals surface area (Å²) in [5.74, 6) is -6.60. The Kier molecular flexibility index (Phi) is 14.5. The third-order valence-corrected chi connectivity index (χ3v) is 13.8. The summed E-state index contributed by atoms with van der Waals surface area (Å²) in [4.78, 5) is 84.7. The van der Waals surface area contributed by atoms with E-state index in [9.17, 15) is 34.2 Å². The summed E-state index contributed by atoms with van der Waals surface area (Å²) in [6.07, 6.45) is -8.86. The van der Waals surface area contributed by atoms with Crippen molar-refractivity contribution in [1.29, 1.82) is 0 Å². The van der Waals surface area contributed by atoms with E-state index in [-0.39, 0.29) is 41.7 Å². The van der Waals surface area contributed by atoms with Gasteiger partial charge in [-0.15, -0.1) is 0 Å². The molecule has 16 heteroatoms. The molecule has 0 radical (unpaired) electrons. The number of hydrogen-bond acceptors (Lipinski definition) is 14. The monoisotopic (exact) mass is 917 g/mol. The van der Waals surface area contributed by atoms with Gasteiger partial charge in [-0.3, -0.25) is 19.2 Å². The summed E-state index contributed by atoms with van der Waals surface area (Å²) in [6.45, 7) is 8.02. The number of esters is 4. The largest absolute Gasteiger partial charge is 0.456 e. The van der Waals surface area contributed by atoms with Crippen LogP contribution in [0.3, 0.4) is 0 Å². The van der Waals surface area contributed by atoms with Crippen LogP contribution in [0.25, 0.3) is 0 Å². The Hall–Kier alpha value is -5.45. The lowest BCUT2D eigenvalue weighted by molar-refractivity contribution is -0.269. The SMILES string of the molecule is COC[C@]1(OC(C)=O)CC[C@H](O)[C@@]2(C)C(=O)[C@H](OC(C)=O)C3=C(C)[C@@H](OC(=O)[C@H](OC)[C@@H](NC(=O)c4ccc(Cl)cc4)c4ccccc4)C[C@@](O)([C@@H](OC(=O)c4ccccc4)[C@H]12)C3(C)C. The van der Waals surface area contributed by atoms with E-state index in [1.165, 1.54) is 45.4 Å². The molecule has 0 unspecified atom stereocenters. The fourth-order valence-corrected chi connectivity index (χ4v) is 10.5. The number of rotatable bonds is 13. The summed E-state index contributed by atoms with van der Waals surface area (Å²) in [5, 5.41) is 29.2. The van der Waals surface area contributed by atoms with Crippen molar-refractivity contribution in [2.75, 3.05) is 20.8 Å². The van der Waals surface area contributed by atoms with Crippen LogP contribution in [0.15, 0.2) is 96.1 Å². The number of ketones is 1. The zero-order valence-corrected chi connectivity index (χ0v) is 38.4. The molecule has 10 atom stereocenters. The van der Waals surface area contributed by atoms with Gasteiger partial charge >= 0.3 is 23.9 Å². The van der Waals surface area contributed by atoms with Gasteiger partial charge in [0.1, 0.15) is 23.4 Å². The average Bonchev–Trinajstić information content (AvgIpc) is 3.26. The highest BCUT2D eigenvalue weighted by atomic mass is 35.5. The number of carbonyl (C=O) groups excluding carboxylic acids is 6. The molecular formula is C49H56ClNO14. The maximum absolute atomic E-state index is 15.6. The Morgan fingerprint density at radius 1 is 0.846 bits per heavy atom. The van der Waals surface area contributed by atoms with E-state index in [1.54, 1.807) is 81.4 Å². The van der Waals surface area contributed by atoms with Crippen molar-refractivity contribution in [2.24, 2.45) is 16.7 Å². The van der Waals surface area contributed by atoms with Crippen molar-refractivity contribution in [2.45, 2.75) is 109 Å². The summed E-state index contributed by atoms with van der Waals surface area (Å²) < 4.78 is 36.3. The number of amides is 1. The number of benzene rings is 3. The van der Waals surface area contributed by atoms with Crippen molar-refractivity contribution < 1.29 is 67.4 Å². The van der Waals surface area contributed by atoms with E-state index in [0.29, 0.717) is 10.6 Å². The van der Waals surface area contributed by atoms with Crippen LogP contribution in [0.1, 0.15) is 93.1 Å². The van der Waals surface area contributed by atoms with Gasteiger partial charge in [0, 0.05) is 50.5 Å². The third-order valence-electron chi connectivity index (χ3n) is 13.6. The first-order valence-corrected chi connectivity index (χ1v) is 21.7. The molecule has 2 saturated carbocycles. The molecule has 0 spiro atoms. The van der Waals surface area contributed by atoms with Crippen LogP contribution in [-0.4, -0.2) is 108 Å². The molecule has 2 bridgehead atoms. The lowest BCUT2D eigenvalue weighted by Crippen LogP contribution is -2.76. The molecule has 3 aromatic rings. The van der Waals surface area contributed by atoms with E-state index in [4.69, 9.17) is 40.0 Å². The molecule has 6 rings (SSSR count). The molecule has 0 saturated heterocycles. The van der Waals surface area contributed by atoms with Crippen molar-refractivity contribution in [3.63, 3.8) is 0 Å². The van der Waals surface area contributed by atoms with E-state index in [0.717, 1.165) is 13.8 Å². The molecule has 3 aromatic carbocycles. The zero-order chi connectivity index (χ0) is 47.6. The van der Waals surface area contributed by atoms with Gasteiger partial charge in [-0.1, -0.05) is 74.0 Å². The summed E-state index contributed by atoms with van der Waals surface area (Å²) in [7, 11) is 2.61. The number of ether oxygens (including phenoxy) is 6. The lowest BCUT2D eigenvalue weighted by Gasteiger charge is -2.63. The second kappa shape index (κ2) is 19.2. The highest BCUT2D eigenvalue weighted by Gasteiger charge is 2.74. The number of Topliss-reactive ketones (excluding diaryl/α,β-unsaturated/α-hetero) is 1. The highest BCUT2D eigenvalue weighted by Crippen LogP contribution is 2.62. The maximum atomic E-state index is 15.6. The molecule has 0 heterocycles. The fourth-order valence-electron chi connectivity index (χ4n) is 10.3. The summed E-state index contributed by atoms with van der Waals surface area (Å²) >= 11 is 6.08. The Morgan fingerprint density at radius 3 is 2.03 bits per heavy atom. The van der Waals surface area contributed by atoms with Gasteiger partial charge in [0.2, 0.25) is 0 Å². The Balaban J connectivity index is 1.56. The standard InChI is InChI=1S/C49H56ClNO14/c1-27-34(63-45(58)39(61-8)37(30-15-11-9-12-16-30)51-43(56)31-19-21-33(50)22-20-31)25-49(59)42(64-44(57)32-17-13-10-14-18-32)40-47(6,35(54)23-24-48(40,26-60-7)65-29(3)53)41(55)38(62-28(2)52)36(27)46(49,4)5/h9-22,34-35,37-40,42,54,59H,23-26H2,1-8H3,(H,51,56)/t34-,35-,37-,38+,39+,40-,42-,47+,48+,49+/m0/s1. The van der Waals surface area contributed by atoms with Gasteiger partial charge in [0.25, 0.3) is 5.91 Å². The topological polar surface area (TPSA) is 210 Å². The number of hydrogen-bond donors (Lipinski definition) is 3. The highest BCUT2D eigenvalue weighted by molar-refractivity contribution is 6.30. The van der Waals surface area contributed by atoms with Gasteiger partial charge < -0.3 is 44.0 Å². The molecular weight excluding hydrogens is 862 g/mol. The molecule has 65 heavy (non-hydrogen) atoms. The number of fused-ring (bicyclic) bond motifs is 3. The van der Waals surface area contributed by atoms with Gasteiger partial charge in [0.15, 0.2) is 18.0 Å². The second-order valence-electron chi connectivity index (χ2n) is 17.8. The van der Waals surface area contributed by atoms with Gasteiger partial charge in [-0.2, -0.15) is 0 Å². The molecule has 348 valence electrons. The van der Waals surface area contributed by atoms with Gasteiger partial charge in [-0.25, -0.2) is 9.59 Å². The second-order valence-corrected chi connectivity index (χ2v) is 18.2. The molecule has 0 aliphatic heterocycles. The van der Waals surface area contributed by atoms with Crippen molar-refractivity contribution >= 4 is 47.2 Å². The predicted octanol–water partition coefficient (Wildman–Crippen LogP) is 5.68. The van der Waals surface area contributed by atoms with Crippen LogP contribution in [0.4, 0.5) is 0 Å². The Bertz CT molecular complexity index is 2320. The fraction of sp³-hybridized carbons (Fsp3) is 0.469. The van der Waals surface area contributed by atoms with E-state index in [2.05, 4.69) is 5.32 Å². The molecule has 3 aliphatic rings. The molecule has 3 aliphatic carbocycles. The number of aliphatic hydroxyl groups is 2. The Morgan fingerprint density at radius 2 is 1.46 bits per heavy atom. The molecule has 15 nitrogen and oxygen atoms in total. The van der Waals surface area contributed by atoms with Crippen molar-refractivity contribution in [3.05, 3.63) is 118 Å². The number of aliphatic hydroxyl groups excluding tert-OH is 1. The minimum Gasteiger partial charge on any atom is -0.456 e. The number of methoxy groups -OCH3 is 2.